The Kier molecular flexibility index (Phi) is 5.09. The average Bonchev–Trinajstić information content (AvgIpc) is 2.17. The van der Waals surface area contributed by atoms with Gasteiger partial charge in [0.1, 0.15) is 0 Å². The molecule has 3 N–H and O–H groups in total. The predicted octanol–water partition coefficient (Wildman–Crippen LogP) is 1.67. The Morgan fingerprint density at radius 2 is 2.27 bits per heavy atom. The topological polar surface area (TPSA) is 55.1 Å². The molecule has 0 heterocycles. The lowest BCUT2D eigenvalue weighted by atomic mass is 9.81. The van der Waals surface area contributed by atoms with Crippen molar-refractivity contribution in [3.05, 3.63) is 0 Å². The highest BCUT2D eigenvalue weighted by Gasteiger charge is 2.18. The molecule has 0 bridgehead atoms. The standard InChI is InChI=1S/C12H24N2O/c1-9-4-3-5-11(8-9)6-7-14-12(15)10(2)13/h9-11H,3-8,13H2,1-2H3,(H,14,15)/t9?,10-,11?/m1/s1. The van der Waals surface area contributed by atoms with Crippen LogP contribution < -0.4 is 11.1 Å². The molecule has 1 fully saturated rings. The number of carbonyl (C=O) groups is 1. The van der Waals surface area contributed by atoms with Gasteiger partial charge in [-0.15, -0.1) is 0 Å². The average molecular weight is 212 g/mol. The molecule has 1 rings (SSSR count). The quantitative estimate of drug-likeness (QED) is 0.744. The second kappa shape index (κ2) is 6.11. The zero-order valence-corrected chi connectivity index (χ0v) is 9.96. The van der Waals surface area contributed by atoms with Crippen molar-refractivity contribution in [2.45, 2.75) is 52.0 Å². The Labute approximate surface area is 92.8 Å². The Morgan fingerprint density at radius 1 is 1.53 bits per heavy atom. The van der Waals surface area contributed by atoms with Gasteiger partial charge < -0.3 is 11.1 Å². The van der Waals surface area contributed by atoms with Crippen LogP contribution in [0, 0.1) is 11.8 Å². The monoisotopic (exact) mass is 212 g/mol. The summed E-state index contributed by atoms with van der Waals surface area (Å²) in [6.07, 6.45) is 6.50. The third-order valence-electron chi connectivity index (χ3n) is 3.31. The van der Waals surface area contributed by atoms with Crippen LogP contribution in [-0.2, 0) is 4.79 Å². The van der Waals surface area contributed by atoms with Gasteiger partial charge in [0.05, 0.1) is 6.04 Å². The fourth-order valence-corrected chi connectivity index (χ4v) is 2.38. The molecule has 0 radical (unpaired) electrons. The molecular weight excluding hydrogens is 188 g/mol. The van der Waals surface area contributed by atoms with Crippen LogP contribution in [0.2, 0.25) is 0 Å². The molecule has 0 spiro atoms. The summed E-state index contributed by atoms with van der Waals surface area (Å²) in [6, 6.07) is -0.379. The molecule has 3 heteroatoms. The molecule has 3 atom stereocenters. The molecule has 0 aromatic rings. The van der Waals surface area contributed by atoms with Crippen molar-refractivity contribution in [3.63, 3.8) is 0 Å². The van der Waals surface area contributed by atoms with Crippen molar-refractivity contribution in [1.82, 2.24) is 5.32 Å². The van der Waals surface area contributed by atoms with Crippen LogP contribution in [0.4, 0.5) is 0 Å². The van der Waals surface area contributed by atoms with Crippen LogP contribution in [0.5, 0.6) is 0 Å². The molecular formula is C12H24N2O. The van der Waals surface area contributed by atoms with E-state index in [1.165, 1.54) is 25.7 Å². The number of nitrogens with two attached hydrogens (primary N) is 1. The Bertz CT molecular complexity index is 204. The van der Waals surface area contributed by atoms with E-state index in [0.717, 1.165) is 24.8 Å². The molecule has 2 unspecified atom stereocenters. The van der Waals surface area contributed by atoms with Crippen molar-refractivity contribution in [2.75, 3.05) is 6.54 Å². The summed E-state index contributed by atoms with van der Waals surface area (Å²) in [5.74, 6) is 1.65. The van der Waals surface area contributed by atoms with E-state index in [1.54, 1.807) is 6.92 Å². The SMILES string of the molecule is CC1CCCC(CCNC(=O)[C@@H](C)N)C1. The Balaban J connectivity index is 2.11. The minimum Gasteiger partial charge on any atom is -0.355 e. The van der Waals surface area contributed by atoms with Gasteiger partial charge in [-0.3, -0.25) is 4.79 Å². The smallest absolute Gasteiger partial charge is 0.236 e. The van der Waals surface area contributed by atoms with E-state index in [2.05, 4.69) is 12.2 Å². The van der Waals surface area contributed by atoms with Gasteiger partial charge in [-0.25, -0.2) is 0 Å². The van der Waals surface area contributed by atoms with Crippen molar-refractivity contribution in [2.24, 2.45) is 17.6 Å². The van der Waals surface area contributed by atoms with Gasteiger partial charge in [0.25, 0.3) is 0 Å². The number of amides is 1. The zero-order chi connectivity index (χ0) is 11.3. The Morgan fingerprint density at radius 3 is 2.87 bits per heavy atom. The maximum atomic E-state index is 11.2. The highest BCUT2D eigenvalue weighted by atomic mass is 16.2. The first-order valence-corrected chi connectivity index (χ1v) is 6.13. The fourth-order valence-electron chi connectivity index (χ4n) is 2.38. The predicted molar refractivity (Wildman–Crippen MR) is 62.4 cm³/mol. The van der Waals surface area contributed by atoms with E-state index in [4.69, 9.17) is 5.73 Å². The van der Waals surface area contributed by atoms with E-state index >= 15 is 0 Å². The van der Waals surface area contributed by atoms with E-state index in [1.807, 2.05) is 0 Å². The first kappa shape index (κ1) is 12.5. The van der Waals surface area contributed by atoms with Crippen LogP contribution in [-0.4, -0.2) is 18.5 Å². The van der Waals surface area contributed by atoms with Crippen LogP contribution in [0.25, 0.3) is 0 Å². The number of hydrogen-bond donors (Lipinski definition) is 2. The minimum absolute atomic E-state index is 0.0288. The van der Waals surface area contributed by atoms with Gasteiger partial charge >= 0.3 is 0 Å². The summed E-state index contributed by atoms with van der Waals surface area (Å²) in [5, 5.41) is 2.88. The third kappa shape index (κ3) is 4.65. The van der Waals surface area contributed by atoms with E-state index in [-0.39, 0.29) is 11.9 Å². The largest absolute Gasteiger partial charge is 0.355 e. The second-order valence-electron chi connectivity index (χ2n) is 5.01. The molecule has 0 aromatic carbocycles. The van der Waals surface area contributed by atoms with Gasteiger partial charge in [-0.05, 0) is 31.6 Å². The van der Waals surface area contributed by atoms with Crippen molar-refractivity contribution >= 4 is 5.91 Å². The first-order valence-electron chi connectivity index (χ1n) is 6.13. The summed E-state index contributed by atoms with van der Waals surface area (Å²) in [5.41, 5.74) is 5.47. The second-order valence-corrected chi connectivity index (χ2v) is 5.01. The lowest BCUT2D eigenvalue weighted by Crippen LogP contribution is -2.39. The maximum Gasteiger partial charge on any atom is 0.236 e. The summed E-state index contributed by atoms with van der Waals surface area (Å²) < 4.78 is 0. The van der Waals surface area contributed by atoms with Crippen LogP contribution in [0.15, 0.2) is 0 Å². The zero-order valence-electron chi connectivity index (χ0n) is 9.96. The molecule has 3 nitrogen and oxygen atoms in total. The van der Waals surface area contributed by atoms with Crippen molar-refractivity contribution in [3.8, 4) is 0 Å². The summed E-state index contributed by atoms with van der Waals surface area (Å²) in [7, 11) is 0. The molecule has 1 aliphatic carbocycles. The number of rotatable bonds is 4. The lowest BCUT2D eigenvalue weighted by molar-refractivity contribution is -0.122. The summed E-state index contributed by atoms with van der Waals surface area (Å²) in [4.78, 5) is 11.2. The van der Waals surface area contributed by atoms with Crippen LogP contribution >= 0.6 is 0 Å². The lowest BCUT2D eigenvalue weighted by Gasteiger charge is -2.26. The summed E-state index contributed by atoms with van der Waals surface area (Å²) >= 11 is 0. The molecule has 1 aliphatic rings. The number of nitrogens with one attached hydrogen (secondary N) is 1. The third-order valence-corrected chi connectivity index (χ3v) is 3.31. The molecule has 1 saturated carbocycles. The molecule has 0 aromatic heterocycles. The fraction of sp³-hybridized carbons (Fsp3) is 0.917. The van der Waals surface area contributed by atoms with E-state index < -0.39 is 0 Å². The van der Waals surface area contributed by atoms with Gasteiger partial charge in [-0.2, -0.15) is 0 Å². The highest BCUT2D eigenvalue weighted by molar-refractivity contribution is 5.80. The molecule has 15 heavy (non-hydrogen) atoms. The minimum atomic E-state index is -0.379. The van der Waals surface area contributed by atoms with Crippen molar-refractivity contribution in [1.29, 1.82) is 0 Å². The van der Waals surface area contributed by atoms with Crippen LogP contribution in [0.1, 0.15) is 46.0 Å². The molecule has 1 amide bonds. The van der Waals surface area contributed by atoms with E-state index in [9.17, 15) is 4.79 Å². The molecule has 88 valence electrons. The molecule has 0 saturated heterocycles. The van der Waals surface area contributed by atoms with Crippen LogP contribution in [0.3, 0.4) is 0 Å². The first-order chi connectivity index (χ1) is 7.09. The van der Waals surface area contributed by atoms with Gasteiger partial charge in [0, 0.05) is 6.54 Å². The molecule has 0 aliphatic heterocycles. The highest BCUT2D eigenvalue weighted by Crippen LogP contribution is 2.30. The Hall–Kier alpha value is -0.570. The normalized spacial score (nSPS) is 28.5. The maximum absolute atomic E-state index is 11.2. The van der Waals surface area contributed by atoms with Crippen molar-refractivity contribution < 1.29 is 4.79 Å². The van der Waals surface area contributed by atoms with Gasteiger partial charge in [-0.1, -0.05) is 26.2 Å². The van der Waals surface area contributed by atoms with Gasteiger partial charge in [0.15, 0.2) is 0 Å². The number of hydrogen-bond acceptors (Lipinski definition) is 2. The summed E-state index contributed by atoms with van der Waals surface area (Å²) in [6.45, 7) is 4.84. The van der Waals surface area contributed by atoms with Gasteiger partial charge in [0.2, 0.25) is 5.91 Å². The van der Waals surface area contributed by atoms with E-state index in [0.29, 0.717) is 0 Å². The number of carbonyl (C=O) groups excluding carboxylic acids is 1.